The summed E-state index contributed by atoms with van der Waals surface area (Å²) >= 11 is 0. The number of aliphatic imine (C=N–C) groups is 1. The van der Waals surface area contributed by atoms with E-state index >= 15 is 0 Å². The molecule has 2 saturated heterocycles. The highest BCUT2D eigenvalue weighted by molar-refractivity contribution is 6.09. The van der Waals surface area contributed by atoms with Gasteiger partial charge >= 0.3 is 0 Å². The Hall–Kier alpha value is -4.40. The quantitative estimate of drug-likeness (QED) is 0.191. The van der Waals surface area contributed by atoms with Crippen LogP contribution in [0, 0.1) is 23.5 Å². The van der Waals surface area contributed by atoms with E-state index < -0.39 is 0 Å². The van der Waals surface area contributed by atoms with Crippen molar-refractivity contribution in [2.24, 2.45) is 16.3 Å². The molecule has 3 aromatic carbocycles. The molecule has 48 heavy (non-hydrogen) atoms. The van der Waals surface area contributed by atoms with Crippen LogP contribution < -0.4 is 0 Å². The predicted octanol–water partition coefficient (Wildman–Crippen LogP) is 9.02. The van der Waals surface area contributed by atoms with E-state index in [1.54, 1.807) is 0 Å². The van der Waals surface area contributed by atoms with Crippen LogP contribution in [0.15, 0.2) is 77.9 Å². The lowest BCUT2D eigenvalue weighted by atomic mass is 9.62. The lowest BCUT2D eigenvalue weighted by Gasteiger charge is -2.48. The van der Waals surface area contributed by atoms with Gasteiger partial charge in [-0.1, -0.05) is 51.1 Å². The number of fused-ring (bicyclic) bond motifs is 8. The van der Waals surface area contributed by atoms with Crippen molar-refractivity contribution in [2.45, 2.75) is 83.2 Å². The summed E-state index contributed by atoms with van der Waals surface area (Å²) in [6, 6.07) is 32.2. The Labute approximate surface area is 283 Å². The summed E-state index contributed by atoms with van der Waals surface area (Å²) in [5.74, 6) is 1.81. The Kier molecular flexibility index (Phi) is 6.14. The lowest BCUT2D eigenvalue weighted by molar-refractivity contribution is 0.0391. The van der Waals surface area contributed by atoms with Gasteiger partial charge in [0, 0.05) is 46.2 Å². The Morgan fingerprint density at radius 3 is 2.73 bits per heavy atom. The number of hydrogen-bond acceptors (Lipinski definition) is 3. The highest BCUT2D eigenvalue weighted by Crippen LogP contribution is 2.55. The van der Waals surface area contributed by atoms with E-state index in [1.807, 2.05) is 6.07 Å². The van der Waals surface area contributed by atoms with E-state index in [0.717, 1.165) is 48.2 Å². The van der Waals surface area contributed by atoms with E-state index in [9.17, 15) is 0 Å². The van der Waals surface area contributed by atoms with Crippen LogP contribution in [-0.4, -0.2) is 50.4 Å². The third kappa shape index (κ3) is 4.08. The van der Waals surface area contributed by atoms with Crippen LogP contribution >= 0.6 is 0 Å². The summed E-state index contributed by atoms with van der Waals surface area (Å²) in [5, 5.41) is 3.76. The molecule has 6 heterocycles. The molecule has 0 spiro atoms. The van der Waals surface area contributed by atoms with Gasteiger partial charge in [0.2, 0.25) is 0 Å². The molecule has 10 rings (SSSR count). The summed E-state index contributed by atoms with van der Waals surface area (Å²) in [4.78, 5) is 13.4. The minimum atomic E-state index is 0.126. The predicted molar refractivity (Wildman–Crippen MR) is 196 cm³/mol. The first-order valence-corrected chi connectivity index (χ1v) is 18.2. The molecule has 4 aliphatic rings. The number of aromatic nitrogens is 3. The molecule has 3 bridgehead atoms. The first kappa shape index (κ1) is 28.6. The second-order valence-corrected chi connectivity index (χ2v) is 15.9. The fraction of sp³-hybridized carbons (Fsp3) is 0.395. The van der Waals surface area contributed by atoms with Gasteiger partial charge in [0.1, 0.15) is 11.3 Å². The van der Waals surface area contributed by atoms with E-state index in [1.165, 1.54) is 82.8 Å². The number of piperidine rings is 1. The van der Waals surface area contributed by atoms with Crippen molar-refractivity contribution >= 4 is 38.9 Å². The maximum absolute atomic E-state index is 5.44. The minimum absolute atomic E-state index is 0.126. The SMILES string of the molecule is CCC(C)(C)c1ccc2c(c1)c1ccccc1n2-c1ccc(-n2c3c(c4ccc#cc42)C=NC(C24CCN5CC(CC5C2)C4)CC3)cn1. The molecule has 0 N–H and O–H groups in total. The minimum Gasteiger partial charge on any atom is -0.304 e. The van der Waals surface area contributed by atoms with Crippen LogP contribution in [0.3, 0.4) is 0 Å². The third-order valence-electron chi connectivity index (χ3n) is 13.0. The molecule has 1 aliphatic carbocycles. The maximum atomic E-state index is 5.44. The molecule has 3 fully saturated rings. The van der Waals surface area contributed by atoms with Crippen LogP contribution in [-0.2, 0) is 11.8 Å². The zero-order valence-corrected chi connectivity index (χ0v) is 28.3. The monoisotopic (exact) mass is 629 g/mol. The average Bonchev–Trinajstić information content (AvgIpc) is 3.60. The van der Waals surface area contributed by atoms with E-state index in [4.69, 9.17) is 9.98 Å². The second kappa shape index (κ2) is 10.3. The van der Waals surface area contributed by atoms with Crippen LogP contribution in [0.1, 0.15) is 76.1 Å². The van der Waals surface area contributed by atoms with Gasteiger partial charge in [0.05, 0.1) is 29.0 Å². The molecular formula is C43H43N5. The fourth-order valence-corrected chi connectivity index (χ4v) is 10.2. The van der Waals surface area contributed by atoms with Gasteiger partial charge in [0.15, 0.2) is 0 Å². The zero-order valence-electron chi connectivity index (χ0n) is 28.3. The highest BCUT2D eigenvalue weighted by atomic mass is 15.2. The van der Waals surface area contributed by atoms with Crippen molar-refractivity contribution in [1.82, 2.24) is 19.0 Å². The van der Waals surface area contributed by atoms with Crippen LogP contribution in [0.2, 0.25) is 0 Å². The Bertz CT molecular complexity index is 2250. The lowest BCUT2D eigenvalue weighted by Crippen LogP contribution is -2.49. The molecule has 4 unspecified atom stereocenters. The molecule has 3 aliphatic heterocycles. The largest absolute Gasteiger partial charge is 0.304 e. The van der Waals surface area contributed by atoms with Gasteiger partial charge in [-0.05, 0) is 122 Å². The summed E-state index contributed by atoms with van der Waals surface area (Å²) in [7, 11) is 0. The van der Waals surface area contributed by atoms with E-state index in [0.29, 0.717) is 11.5 Å². The molecule has 6 aromatic rings. The molecule has 5 nitrogen and oxygen atoms in total. The van der Waals surface area contributed by atoms with Crippen molar-refractivity contribution in [2.75, 3.05) is 13.1 Å². The first-order chi connectivity index (χ1) is 23.4. The van der Waals surface area contributed by atoms with Crippen molar-refractivity contribution in [1.29, 1.82) is 0 Å². The number of rotatable bonds is 5. The van der Waals surface area contributed by atoms with E-state index in [-0.39, 0.29) is 5.41 Å². The second-order valence-electron chi connectivity index (χ2n) is 15.9. The average molecular weight is 630 g/mol. The Morgan fingerprint density at radius 2 is 1.85 bits per heavy atom. The summed E-state index contributed by atoms with van der Waals surface area (Å²) in [5.41, 5.74) is 8.98. The van der Waals surface area contributed by atoms with Crippen molar-refractivity contribution < 1.29 is 0 Å². The van der Waals surface area contributed by atoms with Gasteiger partial charge in [0.25, 0.3) is 0 Å². The van der Waals surface area contributed by atoms with Gasteiger partial charge < -0.3 is 9.47 Å². The van der Waals surface area contributed by atoms with Crippen molar-refractivity contribution in [3.63, 3.8) is 0 Å². The van der Waals surface area contributed by atoms with Crippen LogP contribution in [0.25, 0.3) is 44.2 Å². The van der Waals surface area contributed by atoms with Crippen molar-refractivity contribution in [3.05, 3.63) is 102 Å². The topological polar surface area (TPSA) is 38.4 Å². The molecule has 0 amide bonds. The van der Waals surface area contributed by atoms with Gasteiger partial charge in [-0.3, -0.25) is 9.56 Å². The van der Waals surface area contributed by atoms with Crippen LogP contribution in [0.5, 0.6) is 0 Å². The molecule has 0 radical (unpaired) electrons. The van der Waals surface area contributed by atoms with Gasteiger partial charge in [-0.2, -0.15) is 0 Å². The number of benzene rings is 2. The number of nitrogens with zero attached hydrogens (tertiary/aromatic N) is 5. The molecule has 240 valence electrons. The number of pyridine rings is 1. The molecular weight excluding hydrogens is 587 g/mol. The maximum Gasteiger partial charge on any atom is 0.137 e. The fourth-order valence-electron chi connectivity index (χ4n) is 10.2. The summed E-state index contributed by atoms with van der Waals surface area (Å²) in [6.07, 6.45) is 12.9. The molecule has 4 atom stereocenters. The Morgan fingerprint density at radius 1 is 0.958 bits per heavy atom. The summed E-state index contributed by atoms with van der Waals surface area (Å²) < 4.78 is 4.71. The van der Waals surface area contributed by atoms with Gasteiger partial charge in [-0.15, -0.1) is 0 Å². The zero-order chi connectivity index (χ0) is 32.2. The van der Waals surface area contributed by atoms with Crippen LogP contribution in [0.4, 0.5) is 0 Å². The highest BCUT2D eigenvalue weighted by Gasteiger charge is 2.54. The number of para-hydroxylation sites is 1. The smallest absolute Gasteiger partial charge is 0.137 e. The molecule has 1 saturated carbocycles. The first-order valence-electron chi connectivity index (χ1n) is 18.2. The normalized spacial score (nSPS) is 25.2. The summed E-state index contributed by atoms with van der Waals surface area (Å²) in [6.45, 7) is 9.53. The Balaban J connectivity index is 1.04. The standard InChI is InChI=1S/C43H43N5/c1-4-42(2,3)29-13-15-38-34(22-29)32-9-5-8-12-37(32)48(38)41-18-14-30(25-45-41)47-36-11-7-6-10-33(36)35-26-44-40(17-16-39(35)47)43-19-20-46-27-28(23-43)21-31(46)24-43/h5-6,8-10,12-15,18,22,25-26,28,31,40H,4,16-17,19-21,23-24,27H2,1-3H3. The number of hydrogen-bond donors (Lipinski definition) is 0. The molecule has 3 aromatic heterocycles. The molecule has 5 heteroatoms. The van der Waals surface area contributed by atoms with Crippen molar-refractivity contribution in [3.8, 4) is 11.5 Å². The third-order valence-corrected chi connectivity index (χ3v) is 13.0. The van der Waals surface area contributed by atoms with E-state index in [2.05, 4.69) is 120 Å². The van der Waals surface area contributed by atoms with Gasteiger partial charge in [-0.25, -0.2) is 4.98 Å².